The number of carbonyl (C=O) groups is 2. The van der Waals surface area contributed by atoms with E-state index in [4.69, 9.17) is 4.98 Å². The summed E-state index contributed by atoms with van der Waals surface area (Å²) in [6.45, 7) is 5.55. The predicted molar refractivity (Wildman–Crippen MR) is 127 cm³/mol. The summed E-state index contributed by atoms with van der Waals surface area (Å²) in [7, 11) is 3.92. The largest absolute Gasteiger partial charge is 0.312 e. The van der Waals surface area contributed by atoms with Crippen LogP contribution in [0.1, 0.15) is 17.5 Å². The molecule has 1 fully saturated rings. The second kappa shape index (κ2) is 8.96. The number of benzene rings is 2. The molecule has 1 aromatic heterocycles. The molecule has 2 heterocycles. The highest BCUT2D eigenvalue weighted by atomic mass is 32.1. The molecule has 1 saturated heterocycles. The van der Waals surface area contributed by atoms with Crippen LogP contribution in [0.5, 0.6) is 0 Å². The number of fused-ring (bicyclic) bond motifs is 1. The number of thiazole rings is 1. The lowest BCUT2D eigenvalue weighted by Gasteiger charge is -2.24. The first-order valence-corrected chi connectivity index (χ1v) is 11.4. The fourth-order valence-electron chi connectivity index (χ4n) is 4.04. The van der Waals surface area contributed by atoms with E-state index in [1.54, 1.807) is 21.9 Å². The maximum Gasteiger partial charge on any atom is 0.234 e. The van der Waals surface area contributed by atoms with Crippen LogP contribution in [0.15, 0.2) is 36.4 Å². The molecular weight excluding hydrogens is 427 g/mol. The topological polar surface area (TPSA) is 56.8 Å². The van der Waals surface area contributed by atoms with Gasteiger partial charge < -0.3 is 9.80 Å². The van der Waals surface area contributed by atoms with Gasteiger partial charge in [0.15, 0.2) is 5.13 Å². The van der Waals surface area contributed by atoms with E-state index in [1.165, 1.54) is 23.5 Å². The number of amides is 2. The number of aryl methyl sites for hydroxylation is 2. The molecule has 8 heteroatoms. The maximum atomic E-state index is 13.6. The van der Waals surface area contributed by atoms with Gasteiger partial charge in [0, 0.05) is 31.7 Å². The molecule has 0 aliphatic carbocycles. The monoisotopic (exact) mass is 454 g/mol. The molecule has 1 unspecified atom stereocenters. The Morgan fingerprint density at radius 2 is 1.91 bits per heavy atom. The van der Waals surface area contributed by atoms with Crippen LogP contribution in [0, 0.1) is 25.6 Å². The number of aromatic nitrogens is 1. The van der Waals surface area contributed by atoms with Gasteiger partial charge in [0.1, 0.15) is 5.82 Å². The average Bonchev–Trinajstić information content (AvgIpc) is 3.32. The molecular formula is C24H27FN4O2S. The van der Waals surface area contributed by atoms with Crippen LogP contribution in [-0.4, -0.2) is 55.4 Å². The van der Waals surface area contributed by atoms with Gasteiger partial charge in [-0.1, -0.05) is 17.4 Å². The molecule has 2 aromatic carbocycles. The zero-order valence-electron chi connectivity index (χ0n) is 18.8. The highest BCUT2D eigenvalue weighted by Crippen LogP contribution is 2.34. The first kappa shape index (κ1) is 22.4. The van der Waals surface area contributed by atoms with Gasteiger partial charge in [-0.3, -0.25) is 14.5 Å². The van der Waals surface area contributed by atoms with Crippen LogP contribution in [0.2, 0.25) is 0 Å². The van der Waals surface area contributed by atoms with Crippen LogP contribution < -0.4 is 9.80 Å². The van der Waals surface area contributed by atoms with E-state index >= 15 is 0 Å². The van der Waals surface area contributed by atoms with Crippen molar-refractivity contribution in [3.05, 3.63) is 53.3 Å². The minimum Gasteiger partial charge on any atom is -0.312 e. The van der Waals surface area contributed by atoms with Gasteiger partial charge in [0.05, 0.1) is 16.1 Å². The van der Waals surface area contributed by atoms with Gasteiger partial charge in [-0.05, 0) is 69.4 Å². The number of hydrogen-bond donors (Lipinski definition) is 0. The molecule has 0 spiro atoms. The standard InChI is InChI=1S/C24H27FN4O2S/c1-15-11-16(2)22-20(12-15)26-24(32-22)28(10-9-27(3)4)23(31)17-13-21(30)29(14-17)19-7-5-18(25)6-8-19/h5-8,11-12,17H,9-10,13-14H2,1-4H3. The Morgan fingerprint density at radius 3 is 2.59 bits per heavy atom. The van der Waals surface area contributed by atoms with Crippen LogP contribution >= 0.6 is 11.3 Å². The Labute approximate surface area is 191 Å². The first-order valence-electron chi connectivity index (χ1n) is 10.6. The summed E-state index contributed by atoms with van der Waals surface area (Å²) in [5.41, 5.74) is 3.77. The summed E-state index contributed by atoms with van der Waals surface area (Å²) in [6.07, 6.45) is 0.137. The second-order valence-corrected chi connectivity index (χ2v) is 9.58. The molecule has 0 N–H and O–H groups in total. The molecule has 3 aromatic rings. The van der Waals surface area contributed by atoms with Gasteiger partial charge in [-0.2, -0.15) is 0 Å². The predicted octanol–water partition coefficient (Wildman–Crippen LogP) is 4.00. The van der Waals surface area contributed by atoms with Gasteiger partial charge in [0.25, 0.3) is 0 Å². The Kier molecular flexibility index (Phi) is 6.26. The lowest BCUT2D eigenvalue weighted by atomic mass is 10.1. The Balaban J connectivity index is 1.62. The molecule has 32 heavy (non-hydrogen) atoms. The van der Waals surface area contributed by atoms with Gasteiger partial charge >= 0.3 is 0 Å². The van der Waals surface area contributed by atoms with Crippen LogP contribution in [0.3, 0.4) is 0 Å². The third-order valence-corrected chi connectivity index (χ3v) is 6.92. The SMILES string of the molecule is Cc1cc(C)c2sc(N(CCN(C)C)C(=O)C3CC(=O)N(c4ccc(F)cc4)C3)nc2c1. The van der Waals surface area contributed by atoms with Gasteiger partial charge in [0.2, 0.25) is 11.8 Å². The smallest absolute Gasteiger partial charge is 0.234 e. The zero-order chi connectivity index (χ0) is 23.0. The summed E-state index contributed by atoms with van der Waals surface area (Å²) < 4.78 is 14.4. The number of rotatable bonds is 6. The molecule has 6 nitrogen and oxygen atoms in total. The third-order valence-electron chi connectivity index (χ3n) is 5.69. The number of likely N-dealkylation sites (N-methyl/N-ethyl adjacent to an activating group) is 1. The van der Waals surface area contributed by atoms with Crippen molar-refractivity contribution in [2.45, 2.75) is 20.3 Å². The van der Waals surface area contributed by atoms with Crippen molar-refractivity contribution in [2.75, 3.05) is 43.5 Å². The summed E-state index contributed by atoms with van der Waals surface area (Å²) >= 11 is 1.51. The number of halogens is 1. The van der Waals surface area contributed by atoms with Crippen LogP contribution in [0.4, 0.5) is 15.2 Å². The van der Waals surface area contributed by atoms with Crippen molar-refractivity contribution in [3.8, 4) is 0 Å². The number of hydrogen-bond acceptors (Lipinski definition) is 5. The summed E-state index contributed by atoms with van der Waals surface area (Å²) in [5.74, 6) is -1.05. The van der Waals surface area contributed by atoms with E-state index in [1.807, 2.05) is 32.0 Å². The second-order valence-electron chi connectivity index (χ2n) is 8.60. The van der Waals surface area contributed by atoms with Crippen LogP contribution in [-0.2, 0) is 9.59 Å². The summed E-state index contributed by atoms with van der Waals surface area (Å²) in [4.78, 5) is 36.4. The molecule has 1 aliphatic heterocycles. The lowest BCUT2D eigenvalue weighted by Crippen LogP contribution is -2.41. The Hall–Kier alpha value is -2.84. The number of carbonyl (C=O) groups excluding carboxylic acids is 2. The minimum absolute atomic E-state index is 0.0988. The molecule has 0 saturated carbocycles. The van der Waals surface area contributed by atoms with Gasteiger partial charge in [-0.25, -0.2) is 9.37 Å². The fraction of sp³-hybridized carbons (Fsp3) is 0.375. The molecule has 2 amide bonds. The third kappa shape index (κ3) is 4.52. The van der Waals surface area contributed by atoms with E-state index in [0.29, 0.717) is 23.9 Å². The minimum atomic E-state index is -0.468. The van der Waals surface area contributed by atoms with E-state index in [2.05, 4.69) is 13.0 Å². The molecule has 1 atom stereocenters. The summed E-state index contributed by atoms with van der Waals surface area (Å²) in [6, 6.07) is 9.95. The van der Waals surface area contributed by atoms with Crippen molar-refractivity contribution < 1.29 is 14.0 Å². The van der Waals surface area contributed by atoms with Crippen LogP contribution in [0.25, 0.3) is 10.2 Å². The highest BCUT2D eigenvalue weighted by molar-refractivity contribution is 7.22. The number of nitrogens with zero attached hydrogens (tertiary/aromatic N) is 4. The average molecular weight is 455 g/mol. The quantitative estimate of drug-likeness (QED) is 0.565. The Morgan fingerprint density at radius 1 is 1.19 bits per heavy atom. The normalized spacial score (nSPS) is 16.4. The molecule has 0 radical (unpaired) electrons. The highest BCUT2D eigenvalue weighted by Gasteiger charge is 2.38. The molecule has 168 valence electrons. The maximum absolute atomic E-state index is 13.6. The van der Waals surface area contributed by atoms with Gasteiger partial charge in [-0.15, -0.1) is 0 Å². The van der Waals surface area contributed by atoms with Crippen molar-refractivity contribution in [1.82, 2.24) is 9.88 Å². The first-order chi connectivity index (χ1) is 15.2. The Bertz CT molecular complexity index is 1160. The fourth-order valence-corrected chi connectivity index (χ4v) is 5.09. The van der Waals surface area contributed by atoms with E-state index < -0.39 is 5.92 Å². The van der Waals surface area contributed by atoms with E-state index in [0.717, 1.165) is 21.3 Å². The van der Waals surface area contributed by atoms with E-state index in [9.17, 15) is 14.0 Å². The molecule has 0 bridgehead atoms. The van der Waals surface area contributed by atoms with E-state index in [-0.39, 0.29) is 30.6 Å². The zero-order valence-corrected chi connectivity index (χ0v) is 19.6. The number of anilines is 2. The van der Waals surface area contributed by atoms with Crippen molar-refractivity contribution in [2.24, 2.45) is 5.92 Å². The van der Waals surface area contributed by atoms with Crippen molar-refractivity contribution in [3.63, 3.8) is 0 Å². The van der Waals surface area contributed by atoms with Crippen molar-refractivity contribution >= 4 is 44.2 Å². The summed E-state index contributed by atoms with van der Waals surface area (Å²) in [5, 5.41) is 0.660. The molecule has 1 aliphatic rings. The lowest BCUT2D eigenvalue weighted by molar-refractivity contribution is -0.124. The molecule has 4 rings (SSSR count). The van der Waals surface area contributed by atoms with Crippen molar-refractivity contribution in [1.29, 1.82) is 0 Å².